The lowest BCUT2D eigenvalue weighted by Crippen LogP contribution is -2.47. The highest BCUT2D eigenvalue weighted by atomic mass is 15.3. The molecule has 1 aliphatic heterocycles. The van der Waals surface area contributed by atoms with Crippen molar-refractivity contribution in [3.05, 3.63) is 72.2 Å². The molecule has 2 aromatic heterocycles. The third kappa shape index (κ3) is 3.66. The Morgan fingerprint density at radius 3 is 2.47 bits per heavy atom. The van der Waals surface area contributed by atoms with E-state index in [1.807, 2.05) is 30.3 Å². The fourth-order valence-electron chi connectivity index (χ4n) is 4.32. The number of aromatic nitrogens is 3. The van der Waals surface area contributed by atoms with Crippen LogP contribution < -0.4 is 20.9 Å². The average molecular weight is 426 g/mol. The van der Waals surface area contributed by atoms with Crippen molar-refractivity contribution in [1.29, 1.82) is 0 Å². The number of nitrogens with two attached hydrogens (primary N) is 1. The molecule has 0 unspecified atom stereocenters. The highest BCUT2D eigenvalue weighted by Gasteiger charge is 2.22. The Balaban J connectivity index is 1.36. The second kappa shape index (κ2) is 8.34. The van der Waals surface area contributed by atoms with Crippen molar-refractivity contribution in [2.75, 3.05) is 47.0 Å². The Morgan fingerprint density at radius 1 is 0.844 bits per heavy atom. The van der Waals surface area contributed by atoms with Crippen LogP contribution in [0.15, 0.2) is 61.1 Å². The number of pyridine rings is 1. The largest absolute Gasteiger partial charge is 0.393 e. The highest BCUT2D eigenvalue weighted by Crippen LogP contribution is 2.32. The Bertz CT molecular complexity index is 1260. The van der Waals surface area contributed by atoms with E-state index in [2.05, 4.69) is 62.1 Å². The normalized spacial score (nSPS) is 14.1. The first-order chi connectivity index (χ1) is 15.6. The van der Waals surface area contributed by atoms with Crippen molar-refractivity contribution in [3.63, 3.8) is 0 Å². The maximum atomic E-state index is 6.54. The van der Waals surface area contributed by atoms with Crippen LogP contribution >= 0.6 is 0 Å². The molecule has 5 rings (SSSR count). The van der Waals surface area contributed by atoms with Crippen molar-refractivity contribution in [1.82, 2.24) is 15.0 Å². The van der Waals surface area contributed by atoms with Crippen LogP contribution in [0.2, 0.25) is 0 Å². The molecule has 32 heavy (non-hydrogen) atoms. The molecule has 0 spiro atoms. The quantitative estimate of drug-likeness (QED) is 0.504. The van der Waals surface area contributed by atoms with Gasteiger partial charge in [-0.25, -0.2) is 9.97 Å². The fourth-order valence-corrected chi connectivity index (χ4v) is 4.32. The summed E-state index contributed by atoms with van der Waals surface area (Å²) in [6.45, 7) is 7.91. The van der Waals surface area contributed by atoms with E-state index in [1.165, 1.54) is 16.8 Å². The molecular formula is C25H27N7. The second-order valence-corrected chi connectivity index (χ2v) is 8.15. The minimum atomic E-state index is 0.563. The Kier molecular flexibility index (Phi) is 5.23. The van der Waals surface area contributed by atoms with E-state index in [9.17, 15) is 0 Å². The first-order valence-corrected chi connectivity index (χ1v) is 10.9. The molecule has 1 aliphatic rings. The zero-order valence-electron chi connectivity index (χ0n) is 18.4. The van der Waals surface area contributed by atoms with Crippen molar-refractivity contribution < 1.29 is 0 Å². The van der Waals surface area contributed by atoms with Crippen molar-refractivity contribution in [2.24, 2.45) is 0 Å². The number of nitrogens with one attached hydrogen (secondary N) is 1. The van der Waals surface area contributed by atoms with E-state index in [4.69, 9.17) is 5.73 Å². The van der Waals surface area contributed by atoms with Gasteiger partial charge in [0.15, 0.2) is 11.6 Å². The molecule has 0 bridgehead atoms. The van der Waals surface area contributed by atoms with Crippen LogP contribution in [0.3, 0.4) is 0 Å². The molecular weight excluding hydrogens is 398 g/mol. The summed E-state index contributed by atoms with van der Waals surface area (Å²) in [5.74, 6) is 1.39. The number of piperazine rings is 1. The van der Waals surface area contributed by atoms with Gasteiger partial charge in [0.05, 0.1) is 5.52 Å². The number of anilines is 5. The molecule has 2 aromatic carbocycles. The molecule has 7 heteroatoms. The SMILES string of the molecule is Cc1cccc(N2CCN(c3ncnc(Nc4cccc5ncccc45)c3N)CC2)c1C. The molecule has 0 atom stereocenters. The number of fused-ring (bicyclic) bond motifs is 1. The van der Waals surface area contributed by atoms with Crippen molar-refractivity contribution >= 4 is 39.6 Å². The lowest BCUT2D eigenvalue weighted by atomic mass is 10.1. The number of aryl methyl sites for hydroxylation is 1. The summed E-state index contributed by atoms with van der Waals surface area (Å²) in [6.07, 6.45) is 3.37. The number of nitrogens with zero attached hydrogens (tertiary/aromatic N) is 5. The zero-order chi connectivity index (χ0) is 22.1. The van der Waals surface area contributed by atoms with Crippen LogP contribution in [0.1, 0.15) is 11.1 Å². The van der Waals surface area contributed by atoms with Crippen molar-refractivity contribution in [3.8, 4) is 0 Å². The summed E-state index contributed by atoms with van der Waals surface area (Å²) >= 11 is 0. The smallest absolute Gasteiger partial charge is 0.159 e. The van der Waals surface area contributed by atoms with Gasteiger partial charge in [-0.3, -0.25) is 4.98 Å². The summed E-state index contributed by atoms with van der Waals surface area (Å²) in [4.78, 5) is 18.0. The zero-order valence-corrected chi connectivity index (χ0v) is 18.4. The van der Waals surface area contributed by atoms with Gasteiger partial charge in [-0.1, -0.05) is 18.2 Å². The van der Waals surface area contributed by atoms with Gasteiger partial charge in [0.1, 0.15) is 12.0 Å². The number of nitrogen functional groups attached to an aromatic ring is 1. The number of benzene rings is 2. The molecule has 0 radical (unpaired) electrons. The van der Waals surface area contributed by atoms with Crippen LogP contribution in [0.25, 0.3) is 10.9 Å². The topological polar surface area (TPSA) is 83.2 Å². The van der Waals surface area contributed by atoms with Gasteiger partial charge in [0.2, 0.25) is 0 Å². The monoisotopic (exact) mass is 425 g/mol. The molecule has 1 saturated heterocycles. The van der Waals surface area contributed by atoms with Gasteiger partial charge in [0.25, 0.3) is 0 Å². The Morgan fingerprint density at radius 2 is 1.62 bits per heavy atom. The van der Waals surface area contributed by atoms with E-state index in [0.717, 1.165) is 48.6 Å². The summed E-state index contributed by atoms with van der Waals surface area (Å²) in [6, 6.07) is 16.4. The van der Waals surface area contributed by atoms with Crippen LogP contribution in [-0.4, -0.2) is 41.1 Å². The maximum absolute atomic E-state index is 6.54. The molecule has 3 heterocycles. The highest BCUT2D eigenvalue weighted by molar-refractivity contribution is 5.94. The Labute approximate surface area is 187 Å². The summed E-state index contributed by atoms with van der Waals surface area (Å²) in [5, 5.41) is 4.41. The molecule has 0 amide bonds. The van der Waals surface area contributed by atoms with E-state index < -0.39 is 0 Å². The molecule has 1 fully saturated rings. The summed E-state index contributed by atoms with van der Waals surface area (Å²) < 4.78 is 0. The molecule has 0 saturated carbocycles. The van der Waals surface area contributed by atoms with E-state index in [0.29, 0.717) is 11.5 Å². The van der Waals surface area contributed by atoms with Gasteiger partial charge in [-0.15, -0.1) is 0 Å². The molecule has 3 N–H and O–H groups in total. The average Bonchev–Trinajstić information content (AvgIpc) is 2.83. The summed E-state index contributed by atoms with van der Waals surface area (Å²) in [7, 11) is 0. The first kappa shape index (κ1) is 20.1. The van der Waals surface area contributed by atoms with E-state index in [1.54, 1.807) is 12.5 Å². The predicted molar refractivity (Wildman–Crippen MR) is 132 cm³/mol. The second-order valence-electron chi connectivity index (χ2n) is 8.15. The number of hydrogen-bond acceptors (Lipinski definition) is 7. The van der Waals surface area contributed by atoms with Crippen LogP contribution in [0, 0.1) is 13.8 Å². The molecule has 0 aliphatic carbocycles. The Hall–Kier alpha value is -3.87. The van der Waals surface area contributed by atoms with Gasteiger partial charge >= 0.3 is 0 Å². The lowest BCUT2D eigenvalue weighted by Gasteiger charge is -2.38. The van der Waals surface area contributed by atoms with Crippen LogP contribution in [0.5, 0.6) is 0 Å². The van der Waals surface area contributed by atoms with Gasteiger partial charge in [0, 0.05) is 49.1 Å². The molecule has 4 aromatic rings. The van der Waals surface area contributed by atoms with Gasteiger partial charge in [-0.05, 0) is 55.3 Å². The molecule has 7 nitrogen and oxygen atoms in total. The van der Waals surface area contributed by atoms with E-state index in [-0.39, 0.29) is 0 Å². The van der Waals surface area contributed by atoms with Crippen LogP contribution in [0.4, 0.5) is 28.7 Å². The minimum Gasteiger partial charge on any atom is -0.393 e. The van der Waals surface area contributed by atoms with Crippen molar-refractivity contribution in [2.45, 2.75) is 13.8 Å². The molecule has 162 valence electrons. The predicted octanol–water partition coefficient (Wildman–Crippen LogP) is 4.29. The van der Waals surface area contributed by atoms with Gasteiger partial charge in [-0.2, -0.15) is 0 Å². The third-order valence-corrected chi connectivity index (χ3v) is 6.26. The number of hydrogen-bond donors (Lipinski definition) is 2. The number of rotatable bonds is 4. The third-order valence-electron chi connectivity index (χ3n) is 6.26. The van der Waals surface area contributed by atoms with Gasteiger partial charge < -0.3 is 20.9 Å². The standard InChI is InChI=1S/C25H27N7/c1-17-6-3-10-22(18(17)2)31-12-14-32(15-13-31)25-23(26)24(28-16-29-25)30-21-9-4-8-20-19(21)7-5-11-27-20/h3-11,16H,12-15,26H2,1-2H3,(H,28,29,30). The fraction of sp³-hybridized carbons (Fsp3) is 0.240. The van der Waals surface area contributed by atoms with E-state index >= 15 is 0 Å². The maximum Gasteiger partial charge on any atom is 0.159 e. The first-order valence-electron chi connectivity index (χ1n) is 10.9. The minimum absolute atomic E-state index is 0.563. The van der Waals surface area contributed by atoms with Crippen LogP contribution in [-0.2, 0) is 0 Å². The lowest BCUT2D eigenvalue weighted by molar-refractivity contribution is 0.646. The summed E-state index contributed by atoms with van der Waals surface area (Å²) in [5.41, 5.74) is 12.9.